The van der Waals surface area contributed by atoms with Gasteiger partial charge >= 0.3 is 13.1 Å². The Labute approximate surface area is 277 Å². The molecule has 7 rings (SSSR count). The number of hydrogen-bond acceptors (Lipinski definition) is 7. The molecule has 1 aliphatic rings. The molecular formula is C38H29BN4O5. The minimum atomic E-state index is -0.905. The maximum atomic E-state index is 13.7. The van der Waals surface area contributed by atoms with Crippen molar-refractivity contribution >= 4 is 35.7 Å². The summed E-state index contributed by atoms with van der Waals surface area (Å²) in [6.45, 7) is 2.07. The zero-order valence-corrected chi connectivity index (χ0v) is 25.9. The van der Waals surface area contributed by atoms with Crippen LogP contribution >= 0.6 is 0 Å². The first kappa shape index (κ1) is 30.3. The van der Waals surface area contributed by atoms with E-state index < -0.39 is 7.12 Å². The average molecular weight is 632 g/mol. The lowest BCUT2D eigenvalue weighted by Gasteiger charge is -2.09. The molecule has 0 amide bonds. The molecule has 0 saturated heterocycles. The molecule has 10 heteroatoms. The molecule has 2 aromatic heterocycles. The molecule has 1 aliphatic heterocycles. The number of fused-ring (bicyclic) bond motifs is 1. The van der Waals surface area contributed by atoms with Gasteiger partial charge in [0.25, 0.3) is 0 Å². The highest BCUT2D eigenvalue weighted by Gasteiger charge is 2.38. The highest BCUT2D eigenvalue weighted by atomic mass is 16.6. The second-order valence-corrected chi connectivity index (χ2v) is 10.9. The fourth-order valence-electron chi connectivity index (χ4n) is 5.29. The summed E-state index contributed by atoms with van der Waals surface area (Å²) in [5.41, 5.74) is 6.93. The smallest absolute Gasteiger partial charge is 0.519 e. The summed E-state index contributed by atoms with van der Waals surface area (Å²) in [4.78, 5) is 32.3. The van der Waals surface area contributed by atoms with Crippen molar-refractivity contribution in [1.82, 2.24) is 9.97 Å². The van der Waals surface area contributed by atoms with Crippen molar-refractivity contribution < 1.29 is 23.6 Å². The Morgan fingerprint density at radius 2 is 1.27 bits per heavy atom. The Bertz CT molecular complexity index is 2140. The Hall–Kier alpha value is -6.42. The van der Waals surface area contributed by atoms with Gasteiger partial charge in [0.2, 0.25) is 5.78 Å². The lowest BCUT2D eigenvalue weighted by atomic mass is 9.75. The van der Waals surface area contributed by atoms with Crippen molar-refractivity contribution in [2.24, 2.45) is 10.2 Å². The standard InChI is InChI=1S/C38H29BN4O5/c1-2-46-38(45)27-13-15-28(16-14-27)42-43-29-17-22-36-37(23-29)48-39(47-36)30(33-20-18-31(40-33)25-9-5-3-6-10-25)24-35(44)34-21-19-32(41-34)26-11-7-4-8-12-26/h3-24,40-41H,2H2,1H3/b30-24+,43-42?. The first-order chi connectivity index (χ1) is 23.5. The summed E-state index contributed by atoms with van der Waals surface area (Å²) < 4.78 is 17.5. The number of aromatic nitrogens is 2. The van der Waals surface area contributed by atoms with Gasteiger partial charge in [0.15, 0.2) is 0 Å². The maximum Gasteiger partial charge on any atom is 0.635 e. The van der Waals surface area contributed by atoms with Crippen LogP contribution in [0.2, 0.25) is 0 Å². The molecule has 0 atom stereocenters. The van der Waals surface area contributed by atoms with Crippen molar-refractivity contribution in [2.75, 3.05) is 6.61 Å². The van der Waals surface area contributed by atoms with Crippen LogP contribution in [0.4, 0.5) is 11.4 Å². The number of ether oxygens (including phenoxy) is 1. The van der Waals surface area contributed by atoms with E-state index in [1.807, 2.05) is 78.9 Å². The molecule has 0 aliphatic carbocycles. The number of azo groups is 1. The van der Waals surface area contributed by atoms with E-state index in [1.165, 1.54) is 0 Å². The SMILES string of the molecule is CCOC(=O)c1ccc(N=Nc2ccc3c(c2)OB(/C(=C/C(=O)c2ccc(-c4ccccc4)[nH]2)c2ccc(-c4ccccc4)[nH]2)O3)cc1. The average Bonchev–Trinajstić information content (AvgIpc) is 3.91. The number of hydrogen-bond donors (Lipinski definition) is 2. The highest BCUT2D eigenvalue weighted by Crippen LogP contribution is 2.40. The Morgan fingerprint density at radius 1 is 0.688 bits per heavy atom. The van der Waals surface area contributed by atoms with E-state index in [2.05, 4.69) is 20.2 Å². The fraction of sp³-hybridized carbons (Fsp3) is 0.0526. The van der Waals surface area contributed by atoms with E-state index in [9.17, 15) is 9.59 Å². The number of benzene rings is 4. The number of esters is 1. The van der Waals surface area contributed by atoms with Crippen molar-refractivity contribution in [2.45, 2.75) is 6.92 Å². The minimum Gasteiger partial charge on any atom is -0.519 e. The number of nitrogens with one attached hydrogen (secondary N) is 2. The van der Waals surface area contributed by atoms with E-state index in [1.54, 1.807) is 61.5 Å². The number of H-pyrrole nitrogens is 2. The van der Waals surface area contributed by atoms with Gasteiger partial charge < -0.3 is 24.0 Å². The summed E-state index contributed by atoms with van der Waals surface area (Å²) in [6.07, 6.45) is 1.54. The second kappa shape index (κ2) is 13.5. The van der Waals surface area contributed by atoms with Gasteiger partial charge in [-0.25, -0.2) is 4.79 Å². The number of allylic oxidation sites excluding steroid dienone is 1. The number of carbonyl (C=O) groups excluding carboxylic acids is 2. The van der Waals surface area contributed by atoms with Gasteiger partial charge in [0, 0.05) is 28.6 Å². The number of nitrogens with zero attached hydrogens (tertiary/aromatic N) is 2. The Kier molecular flexibility index (Phi) is 8.52. The first-order valence-corrected chi connectivity index (χ1v) is 15.5. The largest absolute Gasteiger partial charge is 0.635 e. The molecule has 0 spiro atoms. The van der Waals surface area contributed by atoms with Crippen molar-refractivity contribution in [3.63, 3.8) is 0 Å². The predicted molar refractivity (Wildman–Crippen MR) is 185 cm³/mol. The van der Waals surface area contributed by atoms with Gasteiger partial charge in [-0.2, -0.15) is 10.2 Å². The second-order valence-electron chi connectivity index (χ2n) is 10.9. The monoisotopic (exact) mass is 632 g/mol. The zero-order valence-electron chi connectivity index (χ0n) is 25.9. The van der Waals surface area contributed by atoms with Gasteiger partial charge in [-0.3, -0.25) is 4.79 Å². The maximum absolute atomic E-state index is 13.7. The number of aromatic amines is 2. The molecule has 6 aromatic rings. The third-order valence-corrected chi connectivity index (χ3v) is 7.71. The summed E-state index contributed by atoms with van der Waals surface area (Å²) in [5.74, 6) is 0.363. The summed E-state index contributed by atoms with van der Waals surface area (Å²) >= 11 is 0. The predicted octanol–water partition coefficient (Wildman–Crippen LogP) is 9.03. The molecule has 0 saturated carbocycles. The van der Waals surface area contributed by atoms with Crippen LogP contribution in [0.15, 0.2) is 144 Å². The van der Waals surface area contributed by atoms with Gasteiger partial charge in [-0.1, -0.05) is 60.7 Å². The number of rotatable bonds is 10. The van der Waals surface area contributed by atoms with E-state index >= 15 is 0 Å². The van der Waals surface area contributed by atoms with Crippen molar-refractivity contribution in [3.05, 3.63) is 150 Å². The molecule has 48 heavy (non-hydrogen) atoms. The van der Waals surface area contributed by atoms with E-state index in [-0.39, 0.29) is 11.8 Å². The van der Waals surface area contributed by atoms with Gasteiger partial charge in [0.05, 0.1) is 29.2 Å². The molecule has 4 aromatic carbocycles. The molecule has 234 valence electrons. The van der Waals surface area contributed by atoms with Crippen LogP contribution in [0, 0.1) is 0 Å². The summed E-state index contributed by atoms with van der Waals surface area (Å²) in [7, 11) is -0.905. The lowest BCUT2D eigenvalue weighted by Crippen LogP contribution is -2.27. The molecule has 0 radical (unpaired) electrons. The quantitative estimate of drug-likeness (QED) is 0.0514. The van der Waals surface area contributed by atoms with Crippen LogP contribution in [0.3, 0.4) is 0 Å². The molecular weight excluding hydrogens is 603 g/mol. The minimum absolute atomic E-state index is 0.227. The lowest BCUT2D eigenvalue weighted by molar-refractivity contribution is 0.0526. The normalized spacial score (nSPS) is 12.4. The van der Waals surface area contributed by atoms with Crippen LogP contribution < -0.4 is 9.31 Å². The van der Waals surface area contributed by atoms with Crippen LogP contribution in [-0.2, 0) is 4.74 Å². The number of ketones is 1. The van der Waals surface area contributed by atoms with Gasteiger partial charge in [-0.15, -0.1) is 0 Å². The number of carbonyl (C=O) groups is 2. The Morgan fingerprint density at radius 3 is 1.94 bits per heavy atom. The van der Waals surface area contributed by atoms with E-state index in [0.29, 0.717) is 51.9 Å². The van der Waals surface area contributed by atoms with Crippen molar-refractivity contribution in [3.8, 4) is 34.0 Å². The molecule has 9 nitrogen and oxygen atoms in total. The van der Waals surface area contributed by atoms with Crippen LogP contribution in [0.5, 0.6) is 11.5 Å². The van der Waals surface area contributed by atoms with Gasteiger partial charge in [-0.05, 0) is 84.8 Å². The van der Waals surface area contributed by atoms with Crippen LogP contribution in [-0.4, -0.2) is 35.4 Å². The van der Waals surface area contributed by atoms with Crippen LogP contribution in [0.25, 0.3) is 28.0 Å². The van der Waals surface area contributed by atoms with Gasteiger partial charge in [0.1, 0.15) is 11.5 Å². The van der Waals surface area contributed by atoms with Crippen molar-refractivity contribution in [1.29, 1.82) is 0 Å². The molecule has 3 heterocycles. The topological polar surface area (TPSA) is 118 Å². The first-order valence-electron chi connectivity index (χ1n) is 15.5. The fourth-order valence-corrected chi connectivity index (χ4v) is 5.29. The zero-order chi connectivity index (χ0) is 32.9. The third-order valence-electron chi connectivity index (χ3n) is 7.71. The van der Waals surface area contributed by atoms with Crippen LogP contribution in [0.1, 0.15) is 33.5 Å². The molecule has 0 bridgehead atoms. The van der Waals surface area contributed by atoms with E-state index in [4.69, 9.17) is 14.0 Å². The summed E-state index contributed by atoms with van der Waals surface area (Å²) in [5, 5.41) is 8.63. The molecule has 0 fully saturated rings. The highest BCUT2D eigenvalue weighted by molar-refractivity contribution is 6.71. The third kappa shape index (κ3) is 6.59. The Balaban J connectivity index is 1.14. The molecule has 0 unspecified atom stereocenters. The van der Waals surface area contributed by atoms with E-state index in [0.717, 1.165) is 22.5 Å². The molecule has 2 N–H and O–H groups in total. The summed E-state index contributed by atoms with van der Waals surface area (Å²) in [6, 6.07) is 39.2.